The van der Waals surface area contributed by atoms with Gasteiger partial charge in [-0.25, -0.2) is 14.6 Å². The average Bonchev–Trinajstić information content (AvgIpc) is 2.98. The minimum absolute atomic E-state index is 0.171. The molecular formula is C21H22N6O3. The number of nitrogens with one attached hydrogen (secondary N) is 1. The van der Waals surface area contributed by atoms with Crippen molar-refractivity contribution in [3.8, 4) is 6.07 Å². The van der Waals surface area contributed by atoms with Crippen LogP contribution in [0.5, 0.6) is 0 Å². The van der Waals surface area contributed by atoms with Crippen LogP contribution in [0.15, 0.2) is 41.3 Å². The van der Waals surface area contributed by atoms with Gasteiger partial charge in [-0.05, 0) is 36.6 Å². The van der Waals surface area contributed by atoms with Gasteiger partial charge in [-0.3, -0.25) is 9.13 Å². The molecule has 0 saturated carbocycles. The summed E-state index contributed by atoms with van der Waals surface area (Å²) in [5, 5.41) is 20.8. The molecular weight excluding hydrogens is 384 g/mol. The molecule has 2 aromatic heterocycles. The molecule has 1 aliphatic heterocycles. The van der Waals surface area contributed by atoms with E-state index in [0.29, 0.717) is 29.8 Å². The van der Waals surface area contributed by atoms with Crippen molar-refractivity contribution in [2.45, 2.75) is 25.4 Å². The Morgan fingerprint density at radius 3 is 3.00 bits per heavy atom. The lowest BCUT2D eigenvalue weighted by atomic mass is 10.1. The summed E-state index contributed by atoms with van der Waals surface area (Å²) in [4.78, 5) is 30.6. The first-order valence-electron chi connectivity index (χ1n) is 9.75. The van der Waals surface area contributed by atoms with E-state index in [1.54, 1.807) is 36.0 Å². The summed E-state index contributed by atoms with van der Waals surface area (Å²) < 4.78 is 3.19. The Kier molecular flexibility index (Phi) is 5.14. The van der Waals surface area contributed by atoms with Gasteiger partial charge in [0.1, 0.15) is 5.52 Å². The van der Waals surface area contributed by atoms with Gasteiger partial charge in [-0.1, -0.05) is 12.1 Å². The maximum absolute atomic E-state index is 13.0. The lowest BCUT2D eigenvalue weighted by Crippen LogP contribution is -2.47. The van der Waals surface area contributed by atoms with E-state index in [-0.39, 0.29) is 11.7 Å². The number of aryl methyl sites for hydroxylation is 1. The van der Waals surface area contributed by atoms with E-state index in [2.05, 4.69) is 21.3 Å². The summed E-state index contributed by atoms with van der Waals surface area (Å²) in [6.07, 6.45) is 2.26. The average molecular weight is 406 g/mol. The highest BCUT2D eigenvalue weighted by molar-refractivity contribution is 5.87. The zero-order valence-corrected chi connectivity index (χ0v) is 16.6. The molecule has 0 bridgehead atoms. The molecule has 1 atom stereocenters. The van der Waals surface area contributed by atoms with E-state index < -0.39 is 6.09 Å². The summed E-state index contributed by atoms with van der Waals surface area (Å²) >= 11 is 0. The van der Waals surface area contributed by atoms with Crippen LogP contribution in [0.2, 0.25) is 0 Å². The highest BCUT2D eigenvalue weighted by Gasteiger charge is 2.25. The van der Waals surface area contributed by atoms with E-state index in [4.69, 9.17) is 5.11 Å². The van der Waals surface area contributed by atoms with Gasteiger partial charge >= 0.3 is 11.8 Å². The molecule has 2 N–H and O–H groups in total. The van der Waals surface area contributed by atoms with Crippen molar-refractivity contribution in [3.63, 3.8) is 0 Å². The topological polar surface area (TPSA) is 116 Å². The zero-order valence-electron chi connectivity index (χ0n) is 16.6. The summed E-state index contributed by atoms with van der Waals surface area (Å²) in [7, 11) is 1.69. The van der Waals surface area contributed by atoms with E-state index >= 15 is 0 Å². The van der Waals surface area contributed by atoms with Crippen molar-refractivity contribution in [1.82, 2.24) is 19.4 Å². The van der Waals surface area contributed by atoms with Crippen molar-refractivity contribution in [2.24, 2.45) is 7.05 Å². The fraction of sp³-hybridized carbons (Fsp3) is 0.333. The number of aromatic nitrogens is 3. The molecule has 0 spiro atoms. The number of carbonyl (C=O) groups is 1. The zero-order chi connectivity index (χ0) is 21.3. The Morgan fingerprint density at radius 1 is 1.40 bits per heavy atom. The predicted octanol–water partition coefficient (Wildman–Crippen LogP) is 1.89. The van der Waals surface area contributed by atoms with Gasteiger partial charge in [0.2, 0.25) is 0 Å². The second-order valence-corrected chi connectivity index (χ2v) is 7.48. The molecule has 0 aliphatic carbocycles. The molecule has 9 nitrogen and oxygen atoms in total. The molecule has 3 aromatic rings. The molecule has 30 heavy (non-hydrogen) atoms. The Labute approximate surface area is 172 Å². The van der Waals surface area contributed by atoms with Crippen molar-refractivity contribution in [3.05, 3.63) is 58.1 Å². The summed E-state index contributed by atoms with van der Waals surface area (Å²) in [6.45, 7) is 1.61. The van der Waals surface area contributed by atoms with Gasteiger partial charge < -0.3 is 15.3 Å². The fourth-order valence-electron chi connectivity index (χ4n) is 4.12. The molecule has 1 aliphatic rings. The smallest absolute Gasteiger partial charge is 0.404 e. The molecule has 1 aromatic carbocycles. The van der Waals surface area contributed by atoms with Gasteiger partial charge in [0.15, 0.2) is 5.65 Å². The van der Waals surface area contributed by atoms with Crippen LogP contribution < -0.4 is 15.9 Å². The molecule has 1 saturated heterocycles. The molecule has 0 unspecified atom stereocenters. The molecule has 154 valence electrons. The van der Waals surface area contributed by atoms with Crippen LogP contribution in [0.3, 0.4) is 0 Å². The summed E-state index contributed by atoms with van der Waals surface area (Å²) in [6, 6.07) is 11.0. The third-order valence-corrected chi connectivity index (χ3v) is 5.48. The molecule has 1 amide bonds. The largest absolute Gasteiger partial charge is 0.465 e. The maximum atomic E-state index is 13.0. The number of imidazole rings is 1. The second kappa shape index (κ2) is 7.91. The Bertz CT molecular complexity index is 1210. The number of amides is 1. The number of nitrogens with zero attached hydrogens (tertiary/aromatic N) is 5. The SMILES string of the molecule is Cn1c(=O)n(Cc2cccc(C#N)c2)c2c(N3CCC[C@@H](NC(=O)O)C3)ccnc21. The molecule has 0 radical (unpaired) electrons. The molecule has 4 rings (SSSR count). The molecule has 9 heteroatoms. The summed E-state index contributed by atoms with van der Waals surface area (Å²) in [5.41, 5.74) is 3.33. The summed E-state index contributed by atoms with van der Waals surface area (Å²) in [5.74, 6) is 0. The standard InChI is InChI=1S/C21H22N6O3/c1-25-19-18(27(21(25)30)12-15-5-2-4-14(10-15)11-22)17(7-8-23-19)26-9-3-6-16(13-26)24-20(28)29/h2,4-5,7-8,10,16,24H,3,6,9,12-13H2,1H3,(H,28,29)/t16-/m1/s1. The van der Waals surface area contributed by atoms with E-state index in [9.17, 15) is 14.9 Å². The monoisotopic (exact) mass is 406 g/mol. The normalized spacial score (nSPS) is 16.4. The Morgan fingerprint density at radius 2 is 2.23 bits per heavy atom. The van der Waals surface area contributed by atoms with Crippen LogP contribution in [0.4, 0.5) is 10.5 Å². The quantitative estimate of drug-likeness (QED) is 0.684. The number of hydrogen-bond acceptors (Lipinski definition) is 5. The van der Waals surface area contributed by atoms with Gasteiger partial charge in [0.25, 0.3) is 0 Å². The lowest BCUT2D eigenvalue weighted by Gasteiger charge is -2.34. The highest BCUT2D eigenvalue weighted by atomic mass is 16.4. The van der Waals surface area contributed by atoms with Crippen LogP contribution in [-0.2, 0) is 13.6 Å². The van der Waals surface area contributed by atoms with Gasteiger partial charge in [0, 0.05) is 32.4 Å². The van der Waals surface area contributed by atoms with E-state index in [0.717, 1.165) is 30.6 Å². The lowest BCUT2D eigenvalue weighted by molar-refractivity contribution is 0.188. The van der Waals surface area contributed by atoms with Crippen molar-refractivity contribution in [2.75, 3.05) is 18.0 Å². The number of anilines is 1. The number of fused-ring (bicyclic) bond motifs is 1. The third kappa shape index (κ3) is 3.59. The number of piperidine rings is 1. The van der Waals surface area contributed by atoms with Crippen LogP contribution in [0.1, 0.15) is 24.0 Å². The number of carboxylic acid groups (broad SMARTS) is 1. The minimum atomic E-state index is -1.03. The predicted molar refractivity (Wildman–Crippen MR) is 112 cm³/mol. The number of pyridine rings is 1. The number of benzene rings is 1. The van der Waals surface area contributed by atoms with Crippen molar-refractivity contribution in [1.29, 1.82) is 5.26 Å². The number of nitriles is 1. The third-order valence-electron chi connectivity index (χ3n) is 5.48. The van der Waals surface area contributed by atoms with Crippen molar-refractivity contribution < 1.29 is 9.90 Å². The Hall–Kier alpha value is -3.80. The second-order valence-electron chi connectivity index (χ2n) is 7.48. The first-order chi connectivity index (χ1) is 14.5. The van der Waals surface area contributed by atoms with Gasteiger partial charge in [-0.2, -0.15) is 5.26 Å². The molecule has 1 fully saturated rings. The van der Waals surface area contributed by atoms with Gasteiger partial charge in [0.05, 0.1) is 23.9 Å². The minimum Gasteiger partial charge on any atom is -0.465 e. The van der Waals surface area contributed by atoms with Crippen LogP contribution in [0, 0.1) is 11.3 Å². The van der Waals surface area contributed by atoms with Crippen LogP contribution in [0.25, 0.3) is 11.2 Å². The Balaban J connectivity index is 1.78. The first kappa shape index (κ1) is 19.5. The van der Waals surface area contributed by atoms with E-state index in [1.807, 2.05) is 12.1 Å². The number of hydrogen-bond donors (Lipinski definition) is 2. The fourth-order valence-corrected chi connectivity index (χ4v) is 4.12. The molecule has 3 heterocycles. The van der Waals surface area contributed by atoms with Crippen molar-refractivity contribution >= 4 is 22.9 Å². The van der Waals surface area contributed by atoms with Crippen LogP contribution >= 0.6 is 0 Å². The van der Waals surface area contributed by atoms with E-state index in [1.165, 1.54) is 4.57 Å². The first-order valence-corrected chi connectivity index (χ1v) is 9.75. The number of rotatable bonds is 4. The maximum Gasteiger partial charge on any atom is 0.404 e. The van der Waals surface area contributed by atoms with Crippen LogP contribution in [-0.4, -0.2) is 44.4 Å². The highest BCUT2D eigenvalue weighted by Crippen LogP contribution is 2.28. The van der Waals surface area contributed by atoms with Gasteiger partial charge in [-0.15, -0.1) is 0 Å².